The third kappa shape index (κ3) is 4.17. The fraction of sp³-hybridized carbons (Fsp3) is 0. The van der Waals surface area contributed by atoms with Crippen molar-refractivity contribution in [3.05, 3.63) is 169 Å². The first-order chi connectivity index (χ1) is 33.6. The second-order valence-corrected chi connectivity index (χ2v) is 9.59. The van der Waals surface area contributed by atoms with Gasteiger partial charge in [-0.1, -0.05) is 157 Å². The average Bonchev–Trinajstić information content (AvgIpc) is 3.73. The molecule has 45 heavy (non-hydrogen) atoms. The van der Waals surface area contributed by atoms with Gasteiger partial charge in [0.15, 0.2) is 0 Å². The lowest BCUT2D eigenvalue weighted by Crippen LogP contribution is -1.91. The molecule has 0 atom stereocenters. The minimum absolute atomic E-state index is 0.303. The van der Waals surface area contributed by atoms with Gasteiger partial charge in [-0.3, -0.25) is 0 Å². The minimum atomic E-state index is -1.05. The molecule has 0 aliphatic rings. The summed E-state index contributed by atoms with van der Waals surface area (Å²) in [6.07, 6.45) is 0. The van der Waals surface area contributed by atoms with E-state index in [9.17, 15) is 13.7 Å². The van der Waals surface area contributed by atoms with Gasteiger partial charge >= 0.3 is 0 Å². The third-order valence-corrected chi connectivity index (χ3v) is 7.14. The van der Waals surface area contributed by atoms with Crippen molar-refractivity contribution in [1.82, 2.24) is 0 Å². The van der Waals surface area contributed by atoms with Crippen LogP contribution < -0.4 is 0 Å². The van der Waals surface area contributed by atoms with Crippen molar-refractivity contribution in [2.75, 3.05) is 0 Å². The number of hydrogen-bond donors (Lipinski definition) is 0. The molecule has 0 aliphatic carbocycles. The molecule has 0 aliphatic heterocycles. The van der Waals surface area contributed by atoms with Gasteiger partial charge in [0.1, 0.15) is 11.2 Å². The Bertz CT molecular complexity index is 3890. The van der Waals surface area contributed by atoms with E-state index < -0.39 is 240 Å². The summed E-state index contributed by atoms with van der Waals surface area (Å²) in [7, 11) is 0. The van der Waals surface area contributed by atoms with Gasteiger partial charge in [-0.15, -0.1) is 0 Å². The molecule has 1 heteroatoms. The zero-order chi connectivity index (χ0) is 53.2. The molecule has 0 saturated carbocycles. The summed E-state index contributed by atoms with van der Waals surface area (Å²) < 4.78 is 246. The Morgan fingerprint density at radius 1 is 0.356 bits per heavy atom. The van der Waals surface area contributed by atoms with Gasteiger partial charge in [-0.2, -0.15) is 0 Å². The van der Waals surface area contributed by atoms with E-state index in [0.29, 0.717) is 0 Å². The van der Waals surface area contributed by atoms with E-state index in [2.05, 4.69) is 0 Å². The molecule has 0 spiro atoms. The fourth-order valence-electron chi connectivity index (χ4n) is 5.23. The number of rotatable bonds is 4. The molecule has 9 rings (SSSR count). The maximum Gasteiger partial charge on any atom is 0.143 e. The molecule has 0 saturated heterocycles. The van der Waals surface area contributed by atoms with E-state index in [1.54, 1.807) is 0 Å². The summed E-state index contributed by atoms with van der Waals surface area (Å²) in [5.74, 6) is 0. The number of benzene rings is 8. The normalized spacial score (nSPS) is 20.0. The lowest BCUT2D eigenvalue weighted by Gasteiger charge is -2.18. The Balaban J connectivity index is 1.54. The zero-order valence-electron chi connectivity index (χ0n) is 49.5. The van der Waals surface area contributed by atoms with Gasteiger partial charge in [0, 0.05) is 21.9 Å². The summed E-state index contributed by atoms with van der Waals surface area (Å²) in [5, 5.41) is -3.47. The number of hydrogen-bond acceptors (Lipinski definition) is 1. The third-order valence-electron chi connectivity index (χ3n) is 7.14. The standard InChI is InChI=1S/C44H28O/c1-3-12-29(13-4-1)31-22-24-32(25-23-31)42-34-16-7-9-18-36(34)43(37-19-10-8-17-35(37)42)39-21-11-20-38-40-28-33(30-14-5-2-6-15-30)26-27-41(40)45-44(38)39/h1-28H/i1D,2D,3D,4D,5D,6D,7D,8D,9D,10D,11D,12D,13D,14D,15D,16D,17D,18D,19D,21D,22D,23D,24D,25D,26D,27D,28D. The Morgan fingerprint density at radius 2 is 0.844 bits per heavy atom. The van der Waals surface area contributed by atoms with Crippen molar-refractivity contribution in [3.63, 3.8) is 0 Å². The lowest BCUT2D eigenvalue weighted by molar-refractivity contribution is 0.670. The molecule has 0 N–H and O–H groups in total. The number of para-hydroxylation sites is 1. The van der Waals surface area contributed by atoms with Crippen LogP contribution in [0, 0.1) is 0 Å². The highest BCUT2D eigenvalue weighted by atomic mass is 16.3. The molecular weight excluding hydrogens is 544 g/mol. The first-order valence-electron chi connectivity index (χ1n) is 26.7. The van der Waals surface area contributed by atoms with Crippen LogP contribution in [0.25, 0.3) is 88.0 Å². The Labute approximate surface area is 299 Å². The summed E-state index contributed by atoms with van der Waals surface area (Å²) >= 11 is 0. The highest BCUT2D eigenvalue weighted by Gasteiger charge is 2.20. The molecule has 0 bridgehead atoms. The number of fused-ring (bicyclic) bond motifs is 5. The van der Waals surface area contributed by atoms with Gasteiger partial charge in [-0.25, -0.2) is 0 Å². The molecule has 1 aromatic heterocycles. The largest absolute Gasteiger partial charge is 0.455 e. The molecule has 9 aromatic rings. The van der Waals surface area contributed by atoms with Gasteiger partial charge in [0.05, 0.1) is 37.0 Å². The van der Waals surface area contributed by atoms with E-state index in [1.165, 1.54) is 0 Å². The van der Waals surface area contributed by atoms with Crippen molar-refractivity contribution >= 4 is 43.5 Å². The van der Waals surface area contributed by atoms with Gasteiger partial charge in [0.25, 0.3) is 0 Å². The highest BCUT2D eigenvalue weighted by Crippen LogP contribution is 2.46. The molecule has 0 radical (unpaired) electrons. The van der Waals surface area contributed by atoms with E-state index in [0.717, 1.165) is 6.07 Å². The van der Waals surface area contributed by atoms with Crippen molar-refractivity contribution in [1.29, 1.82) is 0 Å². The van der Waals surface area contributed by atoms with Crippen LogP contribution >= 0.6 is 0 Å². The average molecular weight is 600 g/mol. The molecular formula is C44H28O. The van der Waals surface area contributed by atoms with Crippen LogP contribution in [-0.4, -0.2) is 0 Å². The molecule has 0 unspecified atom stereocenters. The van der Waals surface area contributed by atoms with Crippen molar-refractivity contribution < 1.29 is 41.4 Å². The van der Waals surface area contributed by atoms with Crippen LogP contribution in [0.2, 0.25) is 0 Å². The summed E-state index contributed by atoms with van der Waals surface area (Å²) in [4.78, 5) is 0. The molecule has 1 nitrogen and oxygen atoms in total. The first-order valence-corrected chi connectivity index (χ1v) is 13.2. The molecule has 1 heterocycles. The summed E-state index contributed by atoms with van der Waals surface area (Å²) in [6.45, 7) is 0. The van der Waals surface area contributed by atoms with Crippen LogP contribution in [0.4, 0.5) is 0 Å². The predicted octanol–water partition coefficient (Wildman–Crippen LogP) is 12.6. The maximum atomic E-state index is 9.42. The summed E-state index contributed by atoms with van der Waals surface area (Å²) in [5.41, 5.74) is -6.66. The van der Waals surface area contributed by atoms with Crippen molar-refractivity contribution in [3.8, 4) is 44.5 Å². The van der Waals surface area contributed by atoms with Gasteiger partial charge in [-0.05, 0) is 67.0 Å². The van der Waals surface area contributed by atoms with Crippen molar-refractivity contribution in [2.45, 2.75) is 0 Å². The second kappa shape index (κ2) is 10.4. The molecule has 0 amide bonds. The first kappa shape index (κ1) is 10.3. The highest BCUT2D eigenvalue weighted by molar-refractivity contribution is 6.24. The minimum Gasteiger partial charge on any atom is -0.455 e. The van der Waals surface area contributed by atoms with Gasteiger partial charge in [0.2, 0.25) is 0 Å². The quantitative estimate of drug-likeness (QED) is 0.183. The van der Waals surface area contributed by atoms with Gasteiger partial charge < -0.3 is 4.42 Å². The smallest absolute Gasteiger partial charge is 0.143 e. The number of furan rings is 1. The Kier molecular flexibility index (Phi) is 2.38. The van der Waals surface area contributed by atoms with E-state index >= 15 is 0 Å². The van der Waals surface area contributed by atoms with E-state index in [4.69, 9.17) is 27.7 Å². The maximum absolute atomic E-state index is 9.42. The van der Waals surface area contributed by atoms with Crippen molar-refractivity contribution in [2.24, 2.45) is 0 Å². The summed E-state index contributed by atoms with van der Waals surface area (Å²) in [6, 6.07) is -23.2. The van der Waals surface area contributed by atoms with E-state index in [1.807, 2.05) is 0 Å². The Hall–Kier alpha value is -5.92. The second-order valence-electron chi connectivity index (χ2n) is 9.59. The monoisotopic (exact) mass is 599 g/mol. The Morgan fingerprint density at radius 3 is 1.47 bits per heavy atom. The lowest BCUT2D eigenvalue weighted by atomic mass is 9.85. The van der Waals surface area contributed by atoms with Crippen LogP contribution in [-0.2, 0) is 0 Å². The topological polar surface area (TPSA) is 13.1 Å². The molecule has 8 aromatic carbocycles. The molecule has 0 fully saturated rings. The van der Waals surface area contributed by atoms with Crippen LogP contribution in [0.3, 0.4) is 0 Å². The predicted molar refractivity (Wildman–Crippen MR) is 190 cm³/mol. The van der Waals surface area contributed by atoms with Crippen LogP contribution in [0.1, 0.15) is 37.0 Å². The van der Waals surface area contributed by atoms with Crippen LogP contribution in [0.5, 0.6) is 0 Å². The SMILES string of the molecule is [2H]c1cc2c(oc3c([2H])c([2H])c(-c4c([2H])c([2H])c([2H])c([2H])c4[2H])c([2H])c32)c(-c2c3c([2H])c([2H])c([2H])c([2H])c3c(-c3c([2H])c([2H])c(-c4c([2H])c([2H])c([2H])c([2H])c4[2H])c([2H])c3[2H])c3c([2H])c([2H])c([2H])c([2H])c23)c1[2H]. The van der Waals surface area contributed by atoms with E-state index in [-0.39, 0.29) is 10.8 Å². The zero-order valence-corrected chi connectivity index (χ0v) is 22.5. The van der Waals surface area contributed by atoms with Crippen LogP contribution in [0.15, 0.2) is 174 Å². The molecule has 210 valence electrons. The fourth-order valence-corrected chi connectivity index (χ4v) is 5.23.